The summed E-state index contributed by atoms with van der Waals surface area (Å²) in [6.45, 7) is 1.99. The number of alkyl halides is 3. The van der Waals surface area contributed by atoms with E-state index in [0.29, 0.717) is 12.2 Å². The molecule has 0 aliphatic heterocycles. The van der Waals surface area contributed by atoms with Gasteiger partial charge in [-0.25, -0.2) is 0 Å². The molecule has 5 nitrogen and oxygen atoms in total. The van der Waals surface area contributed by atoms with E-state index in [-0.39, 0.29) is 30.1 Å². The van der Waals surface area contributed by atoms with Crippen LogP contribution in [0.15, 0.2) is 66.8 Å². The van der Waals surface area contributed by atoms with Gasteiger partial charge in [0.2, 0.25) is 5.91 Å². The molecule has 180 valence electrons. The third-order valence-electron chi connectivity index (χ3n) is 5.51. The number of nitrogens with one attached hydrogen (secondary N) is 1. The summed E-state index contributed by atoms with van der Waals surface area (Å²) < 4.78 is 49.1. The topological polar surface area (TPSA) is 64.6 Å². The Hall–Kier alpha value is -3.55. The average molecular weight is 473 g/mol. The van der Waals surface area contributed by atoms with Gasteiger partial charge in [-0.15, -0.1) is 0 Å². The molecular formula is C26H26F3NO4. The standard InChI is InChI=1S/C26H26F3NO4/c1-3-34-25(32)24(18-7-5-9-22(16-18)33-2)19-11-12-21(15-19)30-23(31)13-10-17-6-4-8-20(14-17)26(27,28)29/h4-14,16,19,21,24H,3,15H2,1-2H3,(H,30,31)/b13-10+. The van der Waals surface area contributed by atoms with Crippen LogP contribution in [0.5, 0.6) is 5.75 Å². The maximum atomic E-state index is 12.9. The van der Waals surface area contributed by atoms with Crippen molar-refractivity contribution >= 4 is 18.0 Å². The van der Waals surface area contributed by atoms with Gasteiger partial charge in [0.15, 0.2) is 0 Å². The van der Waals surface area contributed by atoms with Crippen LogP contribution in [0, 0.1) is 5.92 Å². The fourth-order valence-corrected chi connectivity index (χ4v) is 3.93. The van der Waals surface area contributed by atoms with Crippen LogP contribution in [0.25, 0.3) is 6.08 Å². The van der Waals surface area contributed by atoms with Crippen LogP contribution in [0.4, 0.5) is 13.2 Å². The van der Waals surface area contributed by atoms with Crippen molar-refractivity contribution in [3.63, 3.8) is 0 Å². The van der Waals surface area contributed by atoms with Gasteiger partial charge in [0.1, 0.15) is 5.75 Å². The zero-order valence-electron chi connectivity index (χ0n) is 18.8. The van der Waals surface area contributed by atoms with Crippen molar-refractivity contribution < 1.29 is 32.2 Å². The highest BCUT2D eigenvalue weighted by molar-refractivity contribution is 5.92. The molecule has 3 rings (SSSR count). The Morgan fingerprint density at radius 1 is 1.15 bits per heavy atom. The van der Waals surface area contributed by atoms with Gasteiger partial charge in [-0.1, -0.05) is 36.4 Å². The number of methoxy groups -OCH3 is 1. The number of hydrogen-bond acceptors (Lipinski definition) is 4. The Labute approximate surface area is 196 Å². The van der Waals surface area contributed by atoms with E-state index >= 15 is 0 Å². The minimum atomic E-state index is -4.45. The second-order valence-electron chi connectivity index (χ2n) is 7.86. The predicted molar refractivity (Wildman–Crippen MR) is 122 cm³/mol. The average Bonchev–Trinajstić information content (AvgIpc) is 3.25. The van der Waals surface area contributed by atoms with Gasteiger partial charge < -0.3 is 14.8 Å². The summed E-state index contributed by atoms with van der Waals surface area (Å²) in [4.78, 5) is 25.1. The second-order valence-corrected chi connectivity index (χ2v) is 7.86. The van der Waals surface area contributed by atoms with Gasteiger partial charge >= 0.3 is 12.1 Å². The highest BCUT2D eigenvalue weighted by Gasteiger charge is 2.34. The molecular weight excluding hydrogens is 447 g/mol. The molecule has 0 heterocycles. The quantitative estimate of drug-likeness (QED) is 0.328. The Morgan fingerprint density at radius 3 is 2.62 bits per heavy atom. The normalized spacial score (nSPS) is 18.6. The Morgan fingerprint density at radius 2 is 1.91 bits per heavy atom. The van der Waals surface area contributed by atoms with E-state index in [4.69, 9.17) is 9.47 Å². The summed E-state index contributed by atoms with van der Waals surface area (Å²) >= 11 is 0. The molecule has 0 saturated heterocycles. The monoisotopic (exact) mass is 473 g/mol. The smallest absolute Gasteiger partial charge is 0.416 e. The van der Waals surface area contributed by atoms with E-state index in [0.717, 1.165) is 17.7 Å². The molecule has 1 N–H and O–H groups in total. The van der Waals surface area contributed by atoms with Gasteiger partial charge in [-0.2, -0.15) is 13.2 Å². The highest BCUT2D eigenvalue weighted by Crippen LogP contribution is 2.36. The molecule has 8 heteroatoms. The van der Waals surface area contributed by atoms with E-state index in [1.165, 1.54) is 24.3 Å². The van der Waals surface area contributed by atoms with Gasteiger partial charge in [0.05, 0.1) is 25.2 Å². The Bertz CT molecular complexity index is 1080. The fourth-order valence-electron chi connectivity index (χ4n) is 3.93. The summed E-state index contributed by atoms with van der Waals surface area (Å²) in [5.74, 6) is -0.945. The zero-order chi connectivity index (χ0) is 24.7. The van der Waals surface area contributed by atoms with Crippen LogP contribution in [-0.4, -0.2) is 31.6 Å². The molecule has 3 atom stereocenters. The molecule has 0 spiro atoms. The number of amides is 1. The number of halogens is 3. The lowest BCUT2D eigenvalue weighted by molar-refractivity contribution is -0.146. The lowest BCUT2D eigenvalue weighted by Crippen LogP contribution is -2.32. The molecule has 2 aromatic carbocycles. The minimum absolute atomic E-state index is 0.205. The third-order valence-corrected chi connectivity index (χ3v) is 5.51. The first-order valence-electron chi connectivity index (χ1n) is 10.9. The van der Waals surface area contributed by atoms with Crippen molar-refractivity contribution in [2.24, 2.45) is 5.92 Å². The molecule has 3 unspecified atom stereocenters. The van der Waals surface area contributed by atoms with E-state index < -0.39 is 23.6 Å². The summed E-state index contributed by atoms with van der Waals surface area (Å²) in [5.41, 5.74) is 0.244. The largest absolute Gasteiger partial charge is 0.497 e. The summed E-state index contributed by atoms with van der Waals surface area (Å²) in [6, 6.07) is 11.6. The molecule has 0 saturated carbocycles. The summed E-state index contributed by atoms with van der Waals surface area (Å²) in [7, 11) is 1.55. The Kier molecular flexibility index (Phi) is 8.15. The predicted octanol–water partition coefficient (Wildman–Crippen LogP) is 5.14. The first-order valence-corrected chi connectivity index (χ1v) is 10.9. The van der Waals surface area contributed by atoms with Crippen molar-refractivity contribution in [3.8, 4) is 5.75 Å². The third kappa shape index (κ3) is 6.50. The summed E-state index contributed by atoms with van der Waals surface area (Å²) in [5, 5.41) is 2.81. The van der Waals surface area contributed by atoms with Crippen molar-refractivity contribution in [2.45, 2.75) is 31.5 Å². The van der Waals surface area contributed by atoms with Crippen molar-refractivity contribution in [3.05, 3.63) is 83.4 Å². The van der Waals surface area contributed by atoms with E-state index in [2.05, 4.69) is 5.32 Å². The number of esters is 1. The molecule has 0 radical (unpaired) electrons. The van der Waals surface area contributed by atoms with Crippen LogP contribution < -0.4 is 10.1 Å². The number of carbonyl (C=O) groups excluding carboxylic acids is 2. The number of allylic oxidation sites excluding steroid dienone is 1. The molecule has 1 aliphatic carbocycles. The maximum absolute atomic E-state index is 12.9. The Balaban J connectivity index is 1.66. The number of ether oxygens (including phenoxy) is 2. The van der Waals surface area contributed by atoms with Crippen molar-refractivity contribution in [2.75, 3.05) is 13.7 Å². The van der Waals surface area contributed by atoms with Crippen molar-refractivity contribution in [1.29, 1.82) is 0 Å². The molecule has 1 aliphatic rings. The van der Waals surface area contributed by atoms with E-state index in [9.17, 15) is 22.8 Å². The van der Waals surface area contributed by atoms with Gasteiger partial charge in [0.25, 0.3) is 0 Å². The lowest BCUT2D eigenvalue weighted by atomic mass is 9.85. The molecule has 1 amide bonds. The van der Waals surface area contributed by atoms with Gasteiger partial charge in [-0.05, 0) is 60.7 Å². The minimum Gasteiger partial charge on any atom is -0.497 e. The highest BCUT2D eigenvalue weighted by atomic mass is 19.4. The van der Waals surface area contributed by atoms with Crippen LogP contribution >= 0.6 is 0 Å². The first kappa shape index (κ1) is 25.1. The van der Waals surface area contributed by atoms with Crippen molar-refractivity contribution in [1.82, 2.24) is 5.32 Å². The van der Waals surface area contributed by atoms with Gasteiger partial charge in [0, 0.05) is 12.1 Å². The van der Waals surface area contributed by atoms with E-state index in [1.807, 2.05) is 18.2 Å². The fraction of sp³-hybridized carbons (Fsp3) is 0.308. The molecule has 0 aromatic heterocycles. The van der Waals surface area contributed by atoms with Gasteiger partial charge in [-0.3, -0.25) is 9.59 Å². The molecule has 0 fully saturated rings. The molecule has 2 aromatic rings. The first-order chi connectivity index (χ1) is 16.2. The van der Waals surface area contributed by atoms with Crippen LogP contribution in [0.2, 0.25) is 0 Å². The van der Waals surface area contributed by atoms with Crippen LogP contribution in [0.3, 0.4) is 0 Å². The number of carbonyl (C=O) groups is 2. The molecule has 34 heavy (non-hydrogen) atoms. The number of rotatable bonds is 8. The maximum Gasteiger partial charge on any atom is 0.416 e. The van der Waals surface area contributed by atoms with E-state index in [1.54, 1.807) is 32.2 Å². The lowest BCUT2D eigenvalue weighted by Gasteiger charge is -2.23. The summed E-state index contributed by atoms with van der Waals surface area (Å²) in [6.07, 6.45) is 2.24. The number of hydrogen-bond donors (Lipinski definition) is 1. The van der Waals surface area contributed by atoms with Crippen LogP contribution in [-0.2, 0) is 20.5 Å². The SMILES string of the molecule is CCOC(=O)C(c1cccc(OC)c1)C1C=CC(NC(=O)/C=C/c2cccc(C(F)(F)F)c2)C1. The number of benzene rings is 2. The zero-order valence-corrected chi connectivity index (χ0v) is 18.8. The molecule has 0 bridgehead atoms. The second kappa shape index (κ2) is 11.0. The van der Waals surface area contributed by atoms with Crippen LogP contribution in [0.1, 0.15) is 36.0 Å².